The van der Waals surface area contributed by atoms with E-state index < -0.39 is 5.60 Å². The number of amides is 2. The van der Waals surface area contributed by atoms with Gasteiger partial charge in [-0.15, -0.1) is 0 Å². The first kappa shape index (κ1) is 18.7. The van der Waals surface area contributed by atoms with Crippen LogP contribution in [0.15, 0.2) is 0 Å². The van der Waals surface area contributed by atoms with Crippen molar-refractivity contribution in [3.63, 3.8) is 0 Å². The van der Waals surface area contributed by atoms with Gasteiger partial charge in [0.25, 0.3) is 0 Å². The van der Waals surface area contributed by atoms with Gasteiger partial charge < -0.3 is 19.7 Å². The van der Waals surface area contributed by atoms with Gasteiger partial charge in [-0.25, -0.2) is 4.79 Å². The molecular weight excluding hydrogens is 284 g/mol. The van der Waals surface area contributed by atoms with E-state index >= 15 is 0 Å². The maximum atomic E-state index is 12.2. The fraction of sp³-hybridized carbons (Fsp3) is 0.875. The molecule has 0 aromatic carbocycles. The fourth-order valence-electron chi connectivity index (χ4n) is 2.36. The molecule has 1 rings (SSSR count). The molecule has 1 aliphatic rings. The Labute approximate surface area is 133 Å². The molecule has 0 aromatic heterocycles. The van der Waals surface area contributed by atoms with Gasteiger partial charge in [0.2, 0.25) is 5.91 Å². The number of carbonyl (C=O) groups excluding carboxylic acids is 2. The Hall–Kier alpha value is -1.30. The second-order valence-corrected chi connectivity index (χ2v) is 6.61. The van der Waals surface area contributed by atoms with Crippen molar-refractivity contribution in [1.82, 2.24) is 10.2 Å². The number of hydrogen-bond acceptors (Lipinski definition) is 4. The van der Waals surface area contributed by atoms with E-state index in [0.29, 0.717) is 32.8 Å². The molecule has 22 heavy (non-hydrogen) atoms. The monoisotopic (exact) mass is 314 g/mol. The van der Waals surface area contributed by atoms with Crippen molar-refractivity contribution in [3.05, 3.63) is 0 Å². The molecule has 2 amide bonds. The van der Waals surface area contributed by atoms with Gasteiger partial charge in [0.05, 0.1) is 5.92 Å². The highest BCUT2D eigenvalue weighted by Gasteiger charge is 2.30. The van der Waals surface area contributed by atoms with Gasteiger partial charge in [0.1, 0.15) is 5.60 Å². The molecule has 1 N–H and O–H groups in total. The molecule has 0 spiro atoms. The number of piperidine rings is 1. The Morgan fingerprint density at radius 3 is 2.68 bits per heavy atom. The summed E-state index contributed by atoms with van der Waals surface area (Å²) in [5, 5.41) is 2.92. The van der Waals surface area contributed by atoms with Gasteiger partial charge in [-0.05, 0) is 47.0 Å². The third-order valence-corrected chi connectivity index (χ3v) is 3.41. The van der Waals surface area contributed by atoms with E-state index in [-0.39, 0.29) is 17.9 Å². The van der Waals surface area contributed by atoms with Crippen LogP contribution in [0.4, 0.5) is 4.79 Å². The largest absolute Gasteiger partial charge is 0.444 e. The predicted molar refractivity (Wildman–Crippen MR) is 84.7 cm³/mol. The summed E-state index contributed by atoms with van der Waals surface area (Å²) in [4.78, 5) is 25.9. The zero-order valence-corrected chi connectivity index (χ0v) is 14.3. The number of rotatable bonds is 6. The summed E-state index contributed by atoms with van der Waals surface area (Å²) in [6.45, 7) is 10.5. The van der Waals surface area contributed by atoms with Crippen molar-refractivity contribution in [2.75, 3.05) is 32.8 Å². The van der Waals surface area contributed by atoms with Gasteiger partial charge in [0, 0.05) is 32.8 Å². The molecule has 0 aromatic rings. The lowest BCUT2D eigenvalue weighted by Crippen LogP contribution is -2.47. The highest BCUT2D eigenvalue weighted by atomic mass is 16.6. The van der Waals surface area contributed by atoms with Crippen LogP contribution in [0.25, 0.3) is 0 Å². The predicted octanol–water partition coefficient (Wildman–Crippen LogP) is 2.18. The Balaban J connectivity index is 2.35. The third kappa shape index (κ3) is 7.11. The minimum Gasteiger partial charge on any atom is -0.444 e. The summed E-state index contributed by atoms with van der Waals surface area (Å²) >= 11 is 0. The van der Waals surface area contributed by atoms with Crippen molar-refractivity contribution in [2.24, 2.45) is 5.92 Å². The first-order valence-corrected chi connectivity index (χ1v) is 8.17. The number of nitrogens with zero attached hydrogens (tertiary/aromatic N) is 1. The smallest absolute Gasteiger partial charge is 0.410 e. The van der Waals surface area contributed by atoms with Crippen molar-refractivity contribution in [3.8, 4) is 0 Å². The van der Waals surface area contributed by atoms with Crippen molar-refractivity contribution >= 4 is 12.0 Å². The summed E-state index contributed by atoms with van der Waals surface area (Å²) in [5.74, 6) is -0.127. The van der Waals surface area contributed by atoms with Gasteiger partial charge in [0.15, 0.2) is 0 Å². The molecule has 1 atom stereocenters. The number of carbonyl (C=O) groups is 2. The van der Waals surface area contributed by atoms with Crippen LogP contribution in [0.2, 0.25) is 0 Å². The molecule has 6 heteroatoms. The SMILES string of the molecule is CCOCCCNC(=O)C1CCCN(C(=O)OC(C)(C)C)C1. The highest BCUT2D eigenvalue weighted by molar-refractivity contribution is 5.80. The second kappa shape index (κ2) is 8.98. The van der Waals surface area contributed by atoms with Crippen LogP contribution in [-0.4, -0.2) is 55.3 Å². The van der Waals surface area contributed by atoms with E-state index in [2.05, 4.69) is 5.32 Å². The minimum atomic E-state index is -0.508. The summed E-state index contributed by atoms with van der Waals surface area (Å²) < 4.78 is 10.6. The molecule has 6 nitrogen and oxygen atoms in total. The number of likely N-dealkylation sites (tertiary alicyclic amines) is 1. The van der Waals surface area contributed by atoms with E-state index in [1.807, 2.05) is 27.7 Å². The maximum Gasteiger partial charge on any atom is 0.410 e. The van der Waals surface area contributed by atoms with Gasteiger partial charge in [-0.2, -0.15) is 0 Å². The maximum absolute atomic E-state index is 12.2. The topological polar surface area (TPSA) is 67.9 Å². The zero-order valence-electron chi connectivity index (χ0n) is 14.3. The molecule has 1 saturated heterocycles. The van der Waals surface area contributed by atoms with Crippen molar-refractivity contribution in [1.29, 1.82) is 0 Å². The molecule has 1 unspecified atom stereocenters. The van der Waals surface area contributed by atoms with Crippen molar-refractivity contribution < 1.29 is 19.1 Å². The van der Waals surface area contributed by atoms with Crippen molar-refractivity contribution in [2.45, 2.75) is 52.6 Å². The van der Waals surface area contributed by atoms with Gasteiger partial charge in [-0.1, -0.05) is 0 Å². The van der Waals surface area contributed by atoms with E-state index in [0.717, 1.165) is 19.3 Å². The second-order valence-electron chi connectivity index (χ2n) is 6.61. The van der Waals surface area contributed by atoms with Crippen LogP contribution in [0, 0.1) is 5.92 Å². The number of hydrogen-bond donors (Lipinski definition) is 1. The molecule has 0 bridgehead atoms. The highest BCUT2D eigenvalue weighted by Crippen LogP contribution is 2.19. The fourth-order valence-corrected chi connectivity index (χ4v) is 2.36. The Bertz CT molecular complexity index is 366. The molecule has 1 heterocycles. The standard InChI is InChI=1S/C16H30N2O4/c1-5-21-11-7-9-17-14(19)13-8-6-10-18(12-13)15(20)22-16(2,3)4/h13H,5-12H2,1-4H3,(H,17,19). The summed E-state index contributed by atoms with van der Waals surface area (Å²) in [6.07, 6.45) is 2.12. The Kier molecular flexibility index (Phi) is 7.65. The lowest BCUT2D eigenvalue weighted by molar-refractivity contribution is -0.126. The molecule has 1 aliphatic heterocycles. The van der Waals surface area contributed by atoms with E-state index in [9.17, 15) is 9.59 Å². The van der Waals surface area contributed by atoms with E-state index in [4.69, 9.17) is 9.47 Å². The zero-order chi connectivity index (χ0) is 16.6. The first-order valence-electron chi connectivity index (χ1n) is 8.17. The first-order chi connectivity index (χ1) is 10.3. The Morgan fingerprint density at radius 2 is 2.05 bits per heavy atom. The normalized spacial score (nSPS) is 18.9. The van der Waals surface area contributed by atoms with Gasteiger partial charge in [-0.3, -0.25) is 4.79 Å². The summed E-state index contributed by atoms with van der Waals surface area (Å²) in [6, 6.07) is 0. The average molecular weight is 314 g/mol. The number of nitrogens with one attached hydrogen (secondary N) is 1. The average Bonchev–Trinajstić information content (AvgIpc) is 2.45. The molecular formula is C16H30N2O4. The third-order valence-electron chi connectivity index (χ3n) is 3.41. The van der Waals surface area contributed by atoms with Crippen LogP contribution in [0.1, 0.15) is 47.0 Å². The van der Waals surface area contributed by atoms with Crippen LogP contribution in [-0.2, 0) is 14.3 Å². The van der Waals surface area contributed by atoms with Crippen LogP contribution in [0.5, 0.6) is 0 Å². The van der Waals surface area contributed by atoms with Crippen LogP contribution < -0.4 is 5.32 Å². The van der Waals surface area contributed by atoms with Gasteiger partial charge >= 0.3 is 6.09 Å². The Morgan fingerprint density at radius 1 is 1.32 bits per heavy atom. The van der Waals surface area contributed by atoms with Crippen LogP contribution >= 0.6 is 0 Å². The molecule has 1 fully saturated rings. The molecule has 0 saturated carbocycles. The minimum absolute atomic E-state index is 0.0183. The summed E-state index contributed by atoms with van der Waals surface area (Å²) in [5.41, 5.74) is -0.508. The summed E-state index contributed by atoms with van der Waals surface area (Å²) in [7, 11) is 0. The molecule has 128 valence electrons. The van der Waals surface area contributed by atoms with Crippen LogP contribution in [0.3, 0.4) is 0 Å². The lowest BCUT2D eigenvalue weighted by atomic mass is 9.97. The quantitative estimate of drug-likeness (QED) is 0.763. The van der Waals surface area contributed by atoms with E-state index in [1.54, 1.807) is 4.90 Å². The van der Waals surface area contributed by atoms with E-state index in [1.165, 1.54) is 0 Å². The number of ether oxygens (including phenoxy) is 2. The lowest BCUT2D eigenvalue weighted by Gasteiger charge is -2.33. The molecule has 0 radical (unpaired) electrons. The molecule has 0 aliphatic carbocycles.